The Bertz CT molecular complexity index is 337. The number of hydrogen-bond acceptors (Lipinski definition) is 3. The van der Waals surface area contributed by atoms with E-state index in [-0.39, 0.29) is 11.7 Å². The molecule has 3 nitrogen and oxygen atoms in total. The third kappa shape index (κ3) is 10.8. The number of hydrogen-bond donors (Lipinski definition) is 1. The van der Waals surface area contributed by atoms with Crippen molar-refractivity contribution in [3.8, 4) is 0 Å². The molecule has 0 saturated carbocycles. The zero-order valence-corrected chi connectivity index (χ0v) is 14.7. The van der Waals surface area contributed by atoms with Crippen LogP contribution in [0.1, 0.15) is 53.2 Å². The monoisotopic (exact) mass is 330 g/mol. The van der Waals surface area contributed by atoms with Gasteiger partial charge in [0.05, 0.1) is 11.6 Å². The van der Waals surface area contributed by atoms with E-state index in [9.17, 15) is 4.79 Å². The molecule has 4 heteroatoms. The number of halogens is 1. The molecular weight excluding hydrogens is 304 g/mol. The highest BCUT2D eigenvalue weighted by Gasteiger charge is 2.10. The molecule has 0 spiro atoms. The fourth-order valence-electron chi connectivity index (χ4n) is 0.852. The third-order valence-corrected chi connectivity index (χ3v) is 2.85. The van der Waals surface area contributed by atoms with Crippen LogP contribution < -0.4 is 5.32 Å². The molecular formula is C15H27BrN2O. The molecule has 0 aliphatic carbocycles. The van der Waals surface area contributed by atoms with E-state index in [1.54, 1.807) is 13.1 Å². The Morgan fingerprint density at radius 3 is 2.00 bits per heavy atom. The van der Waals surface area contributed by atoms with Crippen molar-refractivity contribution in [3.63, 3.8) is 0 Å². The van der Waals surface area contributed by atoms with Crippen LogP contribution in [0.5, 0.6) is 0 Å². The van der Waals surface area contributed by atoms with Gasteiger partial charge in [-0.05, 0) is 49.0 Å². The number of Topliss-reactive ketones (excluding diaryl/α,β-unsaturated/α-hetero) is 1. The lowest BCUT2D eigenvalue weighted by Gasteiger charge is -2.05. The summed E-state index contributed by atoms with van der Waals surface area (Å²) in [4.78, 5) is 15.1. The summed E-state index contributed by atoms with van der Waals surface area (Å²) in [5.74, 6) is 0.0444. The highest BCUT2D eigenvalue weighted by atomic mass is 79.9. The topological polar surface area (TPSA) is 42.0 Å². The van der Waals surface area contributed by atoms with Crippen LogP contribution in [0, 0.1) is 0 Å². The smallest absolute Gasteiger partial charge is 0.138 e. The predicted octanol–water partition coefficient (Wildman–Crippen LogP) is 4.18. The van der Waals surface area contributed by atoms with E-state index < -0.39 is 0 Å². The van der Waals surface area contributed by atoms with Crippen LogP contribution in [-0.2, 0) is 4.79 Å². The average molecular weight is 331 g/mol. The van der Waals surface area contributed by atoms with E-state index in [0.29, 0.717) is 6.04 Å². The van der Waals surface area contributed by atoms with Crippen LogP contribution in [0.25, 0.3) is 0 Å². The van der Waals surface area contributed by atoms with Gasteiger partial charge in [0.1, 0.15) is 5.78 Å². The van der Waals surface area contributed by atoms with E-state index >= 15 is 0 Å². The molecule has 1 N–H and O–H groups in total. The molecule has 1 aromatic rings. The summed E-state index contributed by atoms with van der Waals surface area (Å²) in [6.45, 7) is 11.7. The minimum Gasteiger partial charge on any atom is -0.318 e. The standard InChI is InChI=1S/C9H10BrNO.C4H11N.C2H6/c1-6(7(2)12)9-4-3-8(10)5-11-9;1-4(2)5-3;1-2/h3-6H,1-2H3;4-5H,1-3H3;1-2H3. The maximum absolute atomic E-state index is 11.0. The van der Waals surface area contributed by atoms with Crippen molar-refractivity contribution < 1.29 is 4.79 Å². The van der Waals surface area contributed by atoms with Gasteiger partial charge in [-0.3, -0.25) is 9.78 Å². The van der Waals surface area contributed by atoms with Gasteiger partial charge in [0.2, 0.25) is 0 Å². The number of pyridine rings is 1. The molecule has 0 bridgehead atoms. The van der Waals surface area contributed by atoms with Gasteiger partial charge in [-0.15, -0.1) is 0 Å². The van der Waals surface area contributed by atoms with E-state index in [0.717, 1.165) is 10.2 Å². The molecule has 1 atom stereocenters. The van der Waals surface area contributed by atoms with Gasteiger partial charge in [0.15, 0.2) is 0 Å². The van der Waals surface area contributed by atoms with Crippen LogP contribution in [0.4, 0.5) is 0 Å². The lowest BCUT2D eigenvalue weighted by Crippen LogP contribution is -2.15. The van der Waals surface area contributed by atoms with Crippen LogP contribution in [-0.4, -0.2) is 23.9 Å². The van der Waals surface area contributed by atoms with E-state index in [2.05, 4.69) is 40.1 Å². The second-order valence-electron chi connectivity index (χ2n) is 4.18. The minimum absolute atomic E-state index is 0.0990. The lowest BCUT2D eigenvalue weighted by molar-refractivity contribution is -0.118. The van der Waals surface area contributed by atoms with E-state index in [1.807, 2.05) is 40.0 Å². The van der Waals surface area contributed by atoms with E-state index in [1.165, 1.54) is 0 Å². The number of rotatable bonds is 3. The summed E-state index contributed by atoms with van der Waals surface area (Å²) < 4.78 is 0.932. The fraction of sp³-hybridized carbons (Fsp3) is 0.600. The van der Waals surface area contributed by atoms with Gasteiger partial charge < -0.3 is 5.32 Å². The second-order valence-corrected chi connectivity index (χ2v) is 5.09. The highest BCUT2D eigenvalue weighted by molar-refractivity contribution is 9.10. The van der Waals surface area contributed by atoms with Gasteiger partial charge in [-0.2, -0.15) is 0 Å². The van der Waals surface area contributed by atoms with Gasteiger partial charge in [0, 0.05) is 16.7 Å². The van der Waals surface area contributed by atoms with Crippen molar-refractivity contribution >= 4 is 21.7 Å². The van der Waals surface area contributed by atoms with Crippen molar-refractivity contribution in [2.45, 2.75) is 53.5 Å². The zero-order chi connectivity index (χ0) is 15.4. The molecule has 19 heavy (non-hydrogen) atoms. The predicted molar refractivity (Wildman–Crippen MR) is 86.6 cm³/mol. The van der Waals surface area contributed by atoms with Crippen LogP contribution in [0.15, 0.2) is 22.8 Å². The van der Waals surface area contributed by atoms with Crippen LogP contribution in [0.3, 0.4) is 0 Å². The first-order valence-corrected chi connectivity index (χ1v) is 7.47. The summed E-state index contributed by atoms with van der Waals surface area (Å²) in [5, 5.41) is 3.03. The summed E-state index contributed by atoms with van der Waals surface area (Å²) in [5.41, 5.74) is 0.825. The Morgan fingerprint density at radius 2 is 1.74 bits per heavy atom. The zero-order valence-electron chi connectivity index (χ0n) is 13.1. The normalized spacial score (nSPS) is 10.8. The molecule has 0 aromatic carbocycles. The fourth-order valence-corrected chi connectivity index (χ4v) is 1.09. The third-order valence-electron chi connectivity index (χ3n) is 2.38. The Morgan fingerprint density at radius 1 is 1.26 bits per heavy atom. The van der Waals surface area contributed by atoms with Crippen LogP contribution in [0.2, 0.25) is 0 Å². The van der Waals surface area contributed by atoms with Gasteiger partial charge in [-0.25, -0.2) is 0 Å². The summed E-state index contributed by atoms with van der Waals surface area (Å²) in [6.07, 6.45) is 1.70. The minimum atomic E-state index is -0.0990. The van der Waals surface area contributed by atoms with Crippen molar-refractivity contribution in [3.05, 3.63) is 28.5 Å². The van der Waals surface area contributed by atoms with Gasteiger partial charge in [0.25, 0.3) is 0 Å². The summed E-state index contributed by atoms with van der Waals surface area (Å²) in [6, 6.07) is 4.38. The second kappa shape index (κ2) is 12.3. The average Bonchev–Trinajstić information content (AvgIpc) is 2.41. The Balaban J connectivity index is 0. The Kier molecular flexibility index (Phi) is 13.3. The summed E-state index contributed by atoms with van der Waals surface area (Å²) >= 11 is 3.28. The molecule has 1 heterocycles. The van der Waals surface area contributed by atoms with Gasteiger partial charge in [-0.1, -0.05) is 27.7 Å². The number of carbonyl (C=O) groups is 1. The molecule has 0 amide bonds. The Labute approximate surface area is 126 Å². The molecule has 110 valence electrons. The van der Waals surface area contributed by atoms with Crippen molar-refractivity contribution in [2.24, 2.45) is 0 Å². The van der Waals surface area contributed by atoms with Crippen molar-refractivity contribution in [1.82, 2.24) is 10.3 Å². The molecule has 1 unspecified atom stereocenters. The molecule has 0 fully saturated rings. The first-order chi connectivity index (χ1) is 8.88. The van der Waals surface area contributed by atoms with Crippen molar-refractivity contribution in [1.29, 1.82) is 0 Å². The maximum Gasteiger partial charge on any atom is 0.138 e. The Hall–Kier alpha value is -0.740. The maximum atomic E-state index is 11.0. The number of nitrogens with one attached hydrogen (secondary N) is 1. The molecule has 1 aromatic heterocycles. The lowest BCUT2D eigenvalue weighted by atomic mass is 10.0. The van der Waals surface area contributed by atoms with Crippen LogP contribution >= 0.6 is 15.9 Å². The quantitative estimate of drug-likeness (QED) is 0.903. The molecule has 0 aliphatic heterocycles. The largest absolute Gasteiger partial charge is 0.318 e. The molecule has 0 saturated heterocycles. The van der Waals surface area contributed by atoms with Crippen molar-refractivity contribution in [2.75, 3.05) is 7.05 Å². The van der Waals surface area contributed by atoms with Gasteiger partial charge >= 0.3 is 0 Å². The highest BCUT2D eigenvalue weighted by Crippen LogP contribution is 2.15. The first kappa shape index (κ1) is 20.6. The van der Waals surface area contributed by atoms with E-state index in [4.69, 9.17) is 0 Å². The first-order valence-electron chi connectivity index (χ1n) is 6.67. The molecule has 0 aliphatic rings. The number of aromatic nitrogens is 1. The SMILES string of the molecule is CC.CC(=O)C(C)c1ccc(Br)cn1.CNC(C)C. The molecule has 1 rings (SSSR count). The number of carbonyl (C=O) groups excluding carboxylic acids is 1. The number of nitrogens with zero attached hydrogens (tertiary/aromatic N) is 1. The number of ketones is 1. The summed E-state index contributed by atoms with van der Waals surface area (Å²) in [7, 11) is 1.95. The molecule has 0 radical (unpaired) electrons.